The molecule has 2 amide bonds. The van der Waals surface area contributed by atoms with Crippen molar-refractivity contribution in [1.29, 1.82) is 0 Å². The number of carbonyl (C=O) groups is 2. The normalized spacial score (nSPS) is 16.2. The van der Waals surface area contributed by atoms with E-state index in [0.29, 0.717) is 29.4 Å². The molecule has 36 heavy (non-hydrogen) atoms. The SMILES string of the molecule is CCOc1cc([C@@H]2NC(=O)NC(C)=C2C(=O)OC)ccc1OC[C@@H](O)N/N=C\c1ccc(SC)cc1. The lowest BCUT2D eigenvalue weighted by molar-refractivity contribution is -0.136. The molecule has 0 saturated carbocycles. The molecule has 3 rings (SSSR count). The van der Waals surface area contributed by atoms with Gasteiger partial charge in [-0.3, -0.25) is 5.43 Å². The summed E-state index contributed by atoms with van der Waals surface area (Å²) < 4.78 is 16.4. The largest absolute Gasteiger partial charge is 0.490 e. The van der Waals surface area contributed by atoms with Crippen molar-refractivity contribution >= 4 is 30.0 Å². The van der Waals surface area contributed by atoms with Gasteiger partial charge in [0.2, 0.25) is 0 Å². The Morgan fingerprint density at radius 1 is 1.22 bits per heavy atom. The minimum absolute atomic E-state index is 0.0985. The number of hydrogen-bond acceptors (Lipinski definition) is 9. The second-order valence-electron chi connectivity index (χ2n) is 7.69. The number of hydrazone groups is 1. The number of amides is 2. The quantitative estimate of drug-likeness (QED) is 0.118. The summed E-state index contributed by atoms with van der Waals surface area (Å²) in [7, 11) is 1.28. The van der Waals surface area contributed by atoms with Crippen LogP contribution in [0.4, 0.5) is 4.79 Å². The van der Waals surface area contributed by atoms with Gasteiger partial charge in [0, 0.05) is 10.6 Å². The molecule has 11 heteroatoms. The smallest absolute Gasteiger partial charge is 0.337 e. The van der Waals surface area contributed by atoms with E-state index >= 15 is 0 Å². The number of aliphatic hydroxyl groups is 1. The van der Waals surface area contributed by atoms with Crippen molar-refractivity contribution < 1.29 is 28.9 Å². The van der Waals surface area contributed by atoms with Gasteiger partial charge in [0.1, 0.15) is 6.61 Å². The number of nitrogens with one attached hydrogen (secondary N) is 3. The number of rotatable bonds is 11. The number of esters is 1. The highest BCUT2D eigenvalue weighted by Crippen LogP contribution is 2.34. The van der Waals surface area contributed by atoms with E-state index in [-0.39, 0.29) is 12.2 Å². The maximum atomic E-state index is 12.4. The molecule has 0 radical (unpaired) electrons. The van der Waals surface area contributed by atoms with Crippen LogP contribution in [0, 0.1) is 0 Å². The van der Waals surface area contributed by atoms with E-state index in [1.165, 1.54) is 7.11 Å². The van der Waals surface area contributed by atoms with Crippen molar-refractivity contribution in [2.75, 3.05) is 26.6 Å². The third-order valence-electron chi connectivity index (χ3n) is 5.23. The van der Waals surface area contributed by atoms with Crippen molar-refractivity contribution in [3.63, 3.8) is 0 Å². The highest BCUT2D eigenvalue weighted by molar-refractivity contribution is 7.98. The van der Waals surface area contributed by atoms with E-state index in [1.807, 2.05) is 37.4 Å². The average Bonchev–Trinajstić information content (AvgIpc) is 2.87. The van der Waals surface area contributed by atoms with Crippen LogP contribution in [0.15, 0.2) is 63.7 Å². The minimum atomic E-state index is -1.07. The van der Waals surface area contributed by atoms with Gasteiger partial charge in [-0.25, -0.2) is 9.59 Å². The predicted octanol–water partition coefficient (Wildman–Crippen LogP) is 2.93. The molecule has 2 atom stereocenters. The van der Waals surface area contributed by atoms with Gasteiger partial charge in [0.15, 0.2) is 17.7 Å². The number of aliphatic hydroxyl groups excluding tert-OH is 1. The van der Waals surface area contributed by atoms with Crippen molar-refractivity contribution in [3.05, 3.63) is 64.9 Å². The zero-order valence-electron chi connectivity index (χ0n) is 20.5. The fourth-order valence-corrected chi connectivity index (χ4v) is 3.92. The summed E-state index contributed by atoms with van der Waals surface area (Å²) in [6.07, 6.45) is 2.55. The van der Waals surface area contributed by atoms with E-state index in [1.54, 1.807) is 43.1 Å². The number of urea groups is 1. The van der Waals surface area contributed by atoms with E-state index in [4.69, 9.17) is 14.2 Å². The summed E-state index contributed by atoms with van der Waals surface area (Å²) in [6.45, 7) is 3.72. The summed E-state index contributed by atoms with van der Waals surface area (Å²) in [4.78, 5) is 25.6. The Bertz CT molecular complexity index is 1140. The average molecular weight is 515 g/mol. The minimum Gasteiger partial charge on any atom is -0.490 e. The van der Waals surface area contributed by atoms with Gasteiger partial charge >= 0.3 is 12.0 Å². The first-order valence-corrected chi connectivity index (χ1v) is 12.5. The summed E-state index contributed by atoms with van der Waals surface area (Å²) in [5.74, 6) is 0.228. The van der Waals surface area contributed by atoms with E-state index < -0.39 is 24.3 Å². The first kappa shape index (κ1) is 26.9. The fourth-order valence-electron chi connectivity index (χ4n) is 3.51. The monoisotopic (exact) mass is 514 g/mol. The van der Waals surface area contributed by atoms with Crippen molar-refractivity contribution in [2.45, 2.75) is 31.0 Å². The maximum absolute atomic E-state index is 12.4. The van der Waals surface area contributed by atoms with Crippen LogP contribution in [-0.4, -0.2) is 56.1 Å². The van der Waals surface area contributed by atoms with Crippen LogP contribution in [0.25, 0.3) is 0 Å². The number of methoxy groups -OCH3 is 1. The molecule has 0 unspecified atom stereocenters. The van der Waals surface area contributed by atoms with Crippen LogP contribution in [0.1, 0.15) is 31.0 Å². The number of carbonyl (C=O) groups excluding carboxylic acids is 2. The van der Waals surface area contributed by atoms with Crippen LogP contribution in [-0.2, 0) is 9.53 Å². The molecule has 0 aromatic heterocycles. The van der Waals surface area contributed by atoms with E-state index in [9.17, 15) is 14.7 Å². The molecule has 0 aliphatic carbocycles. The standard InChI is InChI=1S/C25H30N4O6S/c1-5-34-20-12-17(23-22(24(31)33-3)15(2)27-25(32)28-23)8-11-19(20)35-14-21(30)29-26-13-16-6-9-18(36-4)10-7-16/h6-13,21,23,29-30H,5,14H2,1-4H3,(H2,27,28,32)/b26-13-/t21-,23+/m1/s1. The maximum Gasteiger partial charge on any atom is 0.337 e. The van der Waals surface area contributed by atoms with Gasteiger partial charge in [-0.2, -0.15) is 5.10 Å². The molecule has 0 spiro atoms. The number of ether oxygens (including phenoxy) is 3. The second kappa shape index (κ2) is 12.8. The molecule has 4 N–H and O–H groups in total. The van der Waals surface area contributed by atoms with Crippen LogP contribution in [0.5, 0.6) is 11.5 Å². The van der Waals surface area contributed by atoms with Crippen LogP contribution >= 0.6 is 11.8 Å². The Morgan fingerprint density at radius 3 is 2.64 bits per heavy atom. The molecule has 2 aromatic carbocycles. The molecular weight excluding hydrogens is 484 g/mol. The van der Waals surface area contributed by atoms with Crippen LogP contribution in [0.3, 0.4) is 0 Å². The topological polar surface area (TPSA) is 131 Å². The second-order valence-corrected chi connectivity index (χ2v) is 8.57. The van der Waals surface area contributed by atoms with Crippen molar-refractivity contribution in [2.24, 2.45) is 5.10 Å². The fraction of sp³-hybridized carbons (Fsp3) is 0.320. The number of hydrogen-bond donors (Lipinski definition) is 4. The number of benzene rings is 2. The summed E-state index contributed by atoms with van der Waals surface area (Å²) >= 11 is 1.66. The van der Waals surface area contributed by atoms with Gasteiger partial charge in [0.25, 0.3) is 0 Å². The Hall–Kier alpha value is -3.70. The molecule has 1 aliphatic rings. The van der Waals surface area contributed by atoms with Gasteiger partial charge < -0.3 is 30.0 Å². The lowest BCUT2D eigenvalue weighted by Gasteiger charge is -2.28. The lowest BCUT2D eigenvalue weighted by Crippen LogP contribution is -2.45. The van der Waals surface area contributed by atoms with Gasteiger partial charge in [0.05, 0.1) is 31.5 Å². The van der Waals surface area contributed by atoms with Crippen LogP contribution in [0.2, 0.25) is 0 Å². The third-order valence-corrected chi connectivity index (χ3v) is 5.97. The molecule has 0 bridgehead atoms. The van der Waals surface area contributed by atoms with Crippen molar-refractivity contribution in [3.8, 4) is 11.5 Å². The molecular formula is C25H30N4O6S. The number of allylic oxidation sites excluding steroid dienone is 1. The van der Waals surface area contributed by atoms with Crippen LogP contribution < -0.4 is 25.5 Å². The number of nitrogens with zero attached hydrogens (tertiary/aromatic N) is 1. The van der Waals surface area contributed by atoms with E-state index in [0.717, 1.165) is 10.5 Å². The lowest BCUT2D eigenvalue weighted by atomic mass is 9.95. The highest BCUT2D eigenvalue weighted by Gasteiger charge is 2.32. The highest BCUT2D eigenvalue weighted by atomic mass is 32.2. The molecule has 0 saturated heterocycles. The van der Waals surface area contributed by atoms with Gasteiger partial charge in [-0.1, -0.05) is 18.2 Å². The molecule has 1 heterocycles. The Morgan fingerprint density at radius 2 is 1.97 bits per heavy atom. The molecule has 1 aliphatic heterocycles. The van der Waals surface area contributed by atoms with E-state index in [2.05, 4.69) is 21.2 Å². The summed E-state index contributed by atoms with van der Waals surface area (Å²) in [6, 6.07) is 11.7. The predicted molar refractivity (Wildman–Crippen MR) is 137 cm³/mol. The third kappa shape index (κ3) is 6.92. The molecule has 2 aromatic rings. The Balaban J connectivity index is 1.69. The Labute approximate surface area is 214 Å². The molecule has 0 fully saturated rings. The molecule has 10 nitrogen and oxygen atoms in total. The van der Waals surface area contributed by atoms with Crippen molar-refractivity contribution in [1.82, 2.24) is 16.1 Å². The first-order valence-electron chi connectivity index (χ1n) is 11.2. The summed E-state index contributed by atoms with van der Waals surface area (Å²) in [5, 5.41) is 19.6. The molecule has 192 valence electrons. The summed E-state index contributed by atoms with van der Waals surface area (Å²) in [5.41, 5.74) is 4.81. The van der Waals surface area contributed by atoms with Gasteiger partial charge in [-0.15, -0.1) is 11.8 Å². The number of thioether (sulfide) groups is 1. The first-order chi connectivity index (χ1) is 17.4. The zero-order chi connectivity index (χ0) is 26.1. The zero-order valence-corrected chi connectivity index (χ0v) is 21.3. The Kier molecular flexibility index (Phi) is 9.60. The van der Waals surface area contributed by atoms with Gasteiger partial charge in [-0.05, 0) is 55.5 Å².